The number of carbonyl (C=O) groups is 1. The molecule has 142 valence electrons. The van der Waals surface area contributed by atoms with Gasteiger partial charge in [-0.2, -0.15) is 5.10 Å². The summed E-state index contributed by atoms with van der Waals surface area (Å²) < 4.78 is 17.8. The van der Waals surface area contributed by atoms with E-state index in [2.05, 4.69) is 17.3 Å². The van der Waals surface area contributed by atoms with Gasteiger partial charge in [0.15, 0.2) is 11.5 Å². The van der Waals surface area contributed by atoms with Gasteiger partial charge in [0.2, 0.25) is 0 Å². The van der Waals surface area contributed by atoms with Crippen LogP contribution in [-0.2, 0) is 6.54 Å². The highest BCUT2D eigenvalue weighted by Crippen LogP contribution is 2.34. The van der Waals surface area contributed by atoms with E-state index in [1.165, 1.54) is 21.3 Å². The Labute approximate surface area is 154 Å². The van der Waals surface area contributed by atoms with Crippen molar-refractivity contribution in [3.05, 3.63) is 35.2 Å². The van der Waals surface area contributed by atoms with Crippen molar-refractivity contribution in [1.29, 1.82) is 0 Å². The lowest BCUT2D eigenvalue weighted by Gasteiger charge is -2.16. The molecule has 1 amide bonds. The fraction of sp³-hybridized carbons (Fsp3) is 0.474. The van der Waals surface area contributed by atoms with Crippen LogP contribution in [0.4, 0.5) is 0 Å². The van der Waals surface area contributed by atoms with Gasteiger partial charge < -0.3 is 19.5 Å². The summed E-state index contributed by atoms with van der Waals surface area (Å²) >= 11 is 0. The van der Waals surface area contributed by atoms with Crippen LogP contribution in [0.2, 0.25) is 0 Å². The number of amides is 1. The van der Waals surface area contributed by atoms with E-state index in [0.717, 1.165) is 17.9 Å². The Kier molecular flexibility index (Phi) is 6.49. The van der Waals surface area contributed by atoms with E-state index >= 15 is 0 Å². The van der Waals surface area contributed by atoms with Crippen molar-refractivity contribution in [1.82, 2.24) is 15.1 Å². The lowest BCUT2D eigenvalue weighted by Crippen LogP contribution is -2.30. The number of aromatic nitrogens is 2. The zero-order chi connectivity index (χ0) is 19.3. The highest BCUT2D eigenvalue weighted by molar-refractivity contribution is 5.97. The molecule has 0 saturated carbocycles. The molecule has 2 aromatic rings. The molecule has 1 unspecified atom stereocenters. The Balaban J connectivity index is 2.06. The smallest absolute Gasteiger partial charge is 0.255 e. The van der Waals surface area contributed by atoms with Crippen LogP contribution in [-0.4, -0.2) is 43.6 Å². The normalized spacial score (nSPS) is 11.8. The molecule has 1 heterocycles. The summed E-state index contributed by atoms with van der Waals surface area (Å²) in [6, 6.07) is 5.31. The SMILES string of the molecule is COc1cc(OC)c(C(=O)NCC(C)Cn2nc(C)cc2C)cc1OC. The minimum absolute atomic E-state index is 0.219. The van der Waals surface area contributed by atoms with Gasteiger partial charge in [0.25, 0.3) is 5.91 Å². The predicted octanol–water partition coefficient (Wildman–Crippen LogP) is 2.59. The van der Waals surface area contributed by atoms with Crippen LogP contribution in [0.5, 0.6) is 17.2 Å². The maximum atomic E-state index is 12.6. The molecule has 26 heavy (non-hydrogen) atoms. The van der Waals surface area contributed by atoms with Gasteiger partial charge in [0, 0.05) is 30.9 Å². The Hall–Kier alpha value is -2.70. The van der Waals surface area contributed by atoms with Gasteiger partial charge >= 0.3 is 0 Å². The maximum Gasteiger partial charge on any atom is 0.255 e. The van der Waals surface area contributed by atoms with E-state index < -0.39 is 0 Å². The molecule has 0 fully saturated rings. The highest BCUT2D eigenvalue weighted by atomic mass is 16.5. The van der Waals surface area contributed by atoms with Crippen LogP contribution in [0, 0.1) is 19.8 Å². The van der Waals surface area contributed by atoms with E-state index in [1.54, 1.807) is 12.1 Å². The van der Waals surface area contributed by atoms with E-state index in [1.807, 2.05) is 24.6 Å². The fourth-order valence-corrected chi connectivity index (χ4v) is 2.79. The Morgan fingerprint density at radius 3 is 2.23 bits per heavy atom. The van der Waals surface area contributed by atoms with Gasteiger partial charge in [0.1, 0.15) is 5.75 Å². The molecule has 0 aliphatic heterocycles. The van der Waals surface area contributed by atoms with Crippen LogP contribution in [0.1, 0.15) is 28.7 Å². The number of rotatable bonds is 8. The number of methoxy groups -OCH3 is 3. The summed E-state index contributed by atoms with van der Waals surface area (Å²) in [6.45, 7) is 7.33. The van der Waals surface area contributed by atoms with E-state index in [4.69, 9.17) is 14.2 Å². The number of benzene rings is 1. The van der Waals surface area contributed by atoms with Gasteiger partial charge in [0.05, 0.1) is 32.6 Å². The Morgan fingerprint density at radius 1 is 1.08 bits per heavy atom. The molecule has 0 bridgehead atoms. The van der Waals surface area contributed by atoms with E-state index in [9.17, 15) is 4.79 Å². The first kappa shape index (κ1) is 19.6. The van der Waals surface area contributed by atoms with Gasteiger partial charge in [-0.1, -0.05) is 6.92 Å². The minimum atomic E-state index is -0.219. The van der Waals surface area contributed by atoms with Gasteiger partial charge in [-0.05, 0) is 25.8 Å². The second-order valence-electron chi connectivity index (χ2n) is 6.33. The van der Waals surface area contributed by atoms with Gasteiger partial charge in [-0.3, -0.25) is 9.48 Å². The monoisotopic (exact) mass is 361 g/mol. The average Bonchev–Trinajstić information content (AvgIpc) is 2.95. The first-order chi connectivity index (χ1) is 12.4. The topological polar surface area (TPSA) is 74.6 Å². The van der Waals surface area contributed by atoms with Crippen molar-refractivity contribution in [2.75, 3.05) is 27.9 Å². The van der Waals surface area contributed by atoms with Crippen LogP contribution in [0.3, 0.4) is 0 Å². The number of nitrogens with zero attached hydrogens (tertiary/aromatic N) is 2. The molecule has 0 saturated heterocycles. The number of aryl methyl sites for hydroxylation is 2. The molecule has 0 spiro atoms. The summed E-state index contributed by atoms with van der Waals surface area (Å²) in [7, 11) is 4.59. The minimum Gasteiger partial charge on any atom is -0.496 e. The van der Waals surface area contributed by atoms with Crippen molar-refractivity contribution in [3.8, 4) is 17.2 Å². The first-order valence-corrected chi connectivity index (χ1v) is 8.48. The second kappa shape index (κ2) is 8.60. The molecule has 0 aliphatic rings. The second-order valence-corrected chi connectivity index (χ2v) is 6.33. The lowest BCUT2D eigenvalue weighted by molar-refractivity contribution is 0.0943. The number of nitrogens with one attached hydrogen (secondary N) is 1. The summed E-state index contributed by atoms with van der Waals surface area (Å²) in [5.74, 6) is 1.44. The van der Waals surface area contributed by atoms with Gasteiger partial charge in [-0.25, -0.2) is 0 Å². The van der Waals surface area contributed by atoms with Crippen LogP contribution in [0.15, 0.2) is 18.2 Å². The highest BCUT2D eigenvalue weighted by Gasteiger charge is 2.18. The van der Waals surface area contributed by atoms with Crippen LogP contribution < -0.4 is 19.5 Å². The molecule has 1 aromatic carbocycles. The zero-order valence-corrected chi connectivity index (χ0v) is 16.3. The van der Waals surface area contributed by atoms with E-state index in [0.29, 0.717) is 29.4 Å². The number of carbonyl (C=O) groups excluding carboxylic acids is 1. The molecule has 1 N–H and O–H groups in total. The standard InChI is InChI=1S/C19H27N3O4/c1-12(11-22-14(3)7-13(2)21-22)10-20-19(23)15-8-17(25-5)18(26-6)9-16(15)24-4/h7-9,12H,10-11H2,1-6H3,(H,20,23). The first-order valence-electron chi connectivity index (χ1n) is 8.48. The molecule has 0 aliphatic carbocycles. The fourth-order valence-electron chi connectivity index (χ4n) is 2.79. The van der Waals surface area contributed by atoms with Gasteiger partial charge in [-0.15, -0.1) is 0 Å². The summed E-state index contributed by atoms with van der Waals surface area (Å²) in [6.07, 6.45) is 0. The molecular formula is C19H27N3O4. The van der Waals surface area contributed by atoms with Crippen molar-refractivity contribution >= 4 is 5.91 Å². The molecule has 2 rings (SSSR count). The Morgan fingerprint density at radius 2 is 1.69 bits per heavy atom. The summed E-state index contributed by atoms with van der Waals surface area (Å²) in [5.41, 5.74) is 2.51. The molecule has 0 radical (unpaired) electrons. The van der Waals surface area contributed by atoms with Crippen molar-refractivity contribution in [3.63, 3.8) is 0 Å². The van der Waals surface area contributed by atoms with Crippen LogP contribution in [0.25, 0.3) is 0 Å². The van der Waals surface area contributed by atoms with E-state index in [-0.39, 0.29) is 11.8 Å². The largest absolute Gasteiger partial charge is 0.496 e. The molecule has 7 heteroatoms. The van der Waals surface area contributed by atoms with Crippen molar-refractivity contribution in [2.24, 2.45) is 5.92 Å². The van der Waals surface area contributed by atoms with Crippen molar-refractivity contribution < 1.29 is 19.0 Å². The molecule has 7 nitrogen and oxygen atoms in total. The number of ether oxygens (including phenoxy) is 3. The molecule has 1 atom stereocenters. The average molecular weight is 361 g/mol. The number of hydrogen-bond acceptors (Lipinski definition) is 5. The Bertz CT molecular complexity index is 770. The summed E-state index contributed by atoms with van der Waals surface area (Å²) in [5, 5.41) is 7.41. The quantitative estimate of drug-likeness (QED) is 0.782. The third-order valence-electron chi connectivity index (χ3n) is 4.15. The van der Waals surface area contributed by atoms with Crippen molar-refractivity contribution in [2.45, 2.75) is 27.3 Å². The predicted molar refractivity (Wildman–Crippen MR) is 99.3 cm³/mol. The third-order valence-corrected chi connectivity index (χ3v) is 4.15. The maximum absolute atomic E-state index is 12.6. The third kappa shape index (κ3) is 4.47. The summed E-state index contributed by atoms with van der Waals surface area (Å²) in [4.78, 5) is 12.6. The zero-order valence-electron chi connectivity index (χ0n) is 16.3. The van der Waals surface area contributed by atoms with Crippen LogP contribution >= 0.6 is 0 Å². The molecular weight excluding hydrogens is 334 g/mol. The number of hydrogen-bond donors (Lipinski definition) is 1. The lowest BCUT2D eigenvalue weighted by atomic mass is 10.1. The molecule has 1 aromatic heterocycles.